The van der Waals surface area contributed by atoms with E-state index in [0.29, 0.717) is 0 Å². The summed E-state index contributed by atoms with van der Waals surface area (Å²) in [5.74, 6) is 1.21. The SMILES string of the molecule is CC(C)(CCCSc1ncnc2ccccc12)C(N)=NO. The second-order valence-corrected chi connectivity index (χ2v) is 6.60. The summed E-state index contributed by atoms with van der Waals surface area (Å²) in [5.41, 5.74) is 6.37. The van der Waals surface area contributed by atoms with Gasteiger partial charge >= 0.3 is 0 Å². The molecule has 0 bridgehead atoms. The van der Waals surface area contributed by atoms with Gasteiger partial charge in [0, 0.05) is 10.8 Å². The molecule has 0 aliphatic rings. The summed E-state index contributed by atoms with van der Waals surface area (Å²) in [4.78, 5) is 8.61. The number of amidine groups is 1. The molecule has 2 rings (SSSR count). The van der Waals surface area contributed by atoms with Gasteiger partial charge in [-0.1, -0.05) is 37.2 Å². The molecule has 0 aliphatic heterocycles. The summed E-state index contributed by atoms with van der Waals surface area (Å²) < 4.78 is 0. The summed E-state index contributed by atoms with van der Waals surface area (Å²) in [6.07, 6.45) is 3.43. The van der Waals surface area contributed by atoms with Gasteiger partial charge < -0.3 is 10.9 Å². The smallest absolute Gasteiger partial charge is 0.144 e. The highest BCUT2D eigenvalue weighted by Crippen LogP contribution is 2.28. The molecule has 112 valence electrons. The summed E-state index contributed by atoms with van der Waals surface area (Å²) in [5, 5.41) is 14.0. The van der Waals surface area contributed by atoms with Crippen LogP contribution in [-0.2, 0) is 0 Å². The summed E-state index contributed by atoms with van der Waals surface area (Å²) in [7, 11) is 0. The van der Waals surface area contributed by atoms with Crippen LogP contribution in [0.15, 0.2) is 40.8 Å². The predicted molar refractivity (Wildman–Crippen MR) is 86.7 cm³/mol. The van der Waals surface area contributed by atoms with Gasteiger partial charge in [-0.15, -0.1) is 11.8 Å². The van der Waals surface area contributed by atoms with Crippen molar-refractivity contribution in [1.29, 1.82) is 0 Å². The Hall–Kier alpha value is -1.82. The van der Waals surface area contributed by atoms with Gasteiger partial charge in [-0.2, -0.15) is 0 Å². The van der Waals surface area contributed by atoms with E-state index < -0.39 is 0 Å². The van der Waals surface area contributed by atoms with E-state index >= 15 is 0 Å². The maximum atomic E-state index is 8.76. The van der Waals surface area contributed by atoms with E-state index in [9.17, 15) is 0 Å². The first kappa shape index (κ1) is 15.6. The highest BCUT2D eigenvalue weighted by molar-refractivity contribution is 7.99. The zero-order valence-electron chi connectivity index (χ0n) is 12.3. The van der Waals surface area contributed by atoms with Crippen LogP contribution in [0.3, 0.4) is 0 Å². The second-order valence-electron chi connectivity index (χ2n) is 5.52. The van der Waals surface area contributed by atoms with Crippen molar-refractivity contribution in [2.24, 2.45) is 16.3 Å². The minimum absolute atomic E-state index is 0.278. The topological polar surface area (TPSA) is 84.4 Å². The van der Waals surface area contributed by atoms with Crippen molar-refractivity contribution in [3.8, 4) is 0 Å². The minimum atomic E-state index is -0.289. The lowest BCUT2D eigenvalue weighted by atomic mass is 9.87. The predicted octanol–water partition coefficient (Wildman–Crippen LogP) is 3.27. The summed E-state index contributed by atoms with van der Waals surface area (Å²) >= 11 is 1.72. The van der Waals surface area contributed by atoms with Crippen LogP contribution in [0, 0.1) is 5.41 Å². The van der Waals surface area contributed by atoms with Crippen molar-refractivity contribution >= 4 is 28.5 Å². The number of oxime groups is 1. The fourth-order valence-electron chi connectivity index (χ4n) is 2.04. The molecule has 1 aromatic heterocycles. The molecule has 0 saturated carbocycles. The molecule has 2 aromatic rings. The molecular formula is C15H20N4OS. The van der Waals surface area contributed by atoms with E-state index in [1.807, 2.05) is 38.1 Å². The molecule has 0 unspecified atom stereocenters. The van der Waals surface area contributed by atoms with Gasteiger partial charge in [0.1, 0.15) is 17.2 Å². The zero-order chi connectivity index (χ0) is 15.3. The van der Waals surface area contributed by atoms with Crippen molar-refractivity contribution in [3.05, 3.63) is 30.6 Å². The fourth-order valence-corrected chi connectivity index (χ4v) is 2.97. The van der Waals surface area contributed by atoms with Crippen molar-refractivity contribution < 1.29 is 5.21 Å². The van der Waals surface area contributed by atoms with E-state index in [4.69, 9.17) is 10.9 Å². The van der Waals surface area contributed by atoms with Crippen molar-refractivity contribution in [2.45, 2.75) is 31.7 Å². The van der Waals surface area contributed by atoms with Crippen molar-refractivity contribution in [1.82, 2.24) is 9.97 Å². The Morgan fingerprint density at radius 2 is 2.10 bits per heavy atom. The standard InChI is InChI=1S/C15H20N4OS/c1-15(2,14(16)19-20)8-5-9-21-13-11-6-3-4-7-12(11)17-10-18-13/h3-4,6-7,10,20H,5,8-9H2,1-2H3,(H2,16,19). The van der Waals surface area contributed by atoms with Gasteiger partial charge in [0.05, 0.1) is 5.52 Å². The number of benzene rings is 1. The first-order valence-corrected chi connectivity index (χ1v) is 7.84. The average molecular weight is 304 g/mol. The van der Waals surface area contributed by atoms with Crippen LogP contribution in [0.4, 0.5) is 0 Å². The minimum Gasteiger partial charge on any atom is -0.409 e. The molecule has 3 N–H and O–H groups in total. The summed E-state index contributed by atoms with van der Waals surface area (Å²) in [6.45, 7) is 3.96. The first-order chi connectivity index (χ1) is 10.0. The van der Waals surface area contributed by atoms with Gasteiger partial charge in [-0.3, -0.25) is 0 Å². The molecule has 5 nitrogen and oxygen atoms in total. The second kappa shape index (κ2) is 6.76. The molecule has 0 aliphatic carbocycles. The molecule has 0 atom stereocenters. The van der Waals surface area contributed by atoms with E-state index in [0.717, 1.165) is 34.5 Å². The van der Waals surface area contributed by atoms with E-state index in [1.54, 1.807) is 18.1 Å². The summed E-state index contributed by atoms with van der Waals surface area (Å²) in [6, 6.07) is 8.00. The number of hydrogen-bond acceptors (Lipinski definition) is 5. The van der Waals surface area contributed by atoms with Crippen LogP contribution in [0.25, 0.3) is 10.9 Å². The molecule has 6 heteroatoms. The maximum absolute atomic E-state index is 8.76. The number of aromatic nitrogens is 2. The van der Waals surface area contributed by atoms with Crippen LogP contribution >= 0.6 is 11.8 Å². The van der Waals surface area contributed by atoms with Crippen LogP contribution in [0.2, 0.25) is 0 Å². The molecular weight excluding hydrogens is 284 g/mol. The van der Waals surface area contributed by atoms with Gasteiger partial charge in [0.25, 0.3) is 0 Å². The zero-order valence-corrected chi connectivity index (χ0v) is 13.1. The third-order valence-corrected chi connectivity index (χ3v) is 4.58. The number of nitrogens with two attached hydrogens (primary N) is 1. The number of hydrogen-bond donors (Lipinski definition) is 2. The number of fused-ring (bicyclic) bond motifs is 1. The Balaban J connectivity index is 1.94. The number of rotatable bonds is 6. The fraction of sp³-hybridized carbons (Fsp3) is 0.400. The molecule has 0 saturated heterocycles. The lowest BCUT2D eigenvalue weighted by Gasteiger charge is -2.22. The molecule has 0 spiro atoms. The Kier molecular flexibility index (Phi) is 5.01. The quantitative estimate of drug-likeness (QED) is 0.163. The van der Waals surface area contributed by atoms with Gasteiger partial charge in [-0.05, 0) is 24.7 Å². The largest absolute Gasteiger partial charge is 0.409 e. The van der Waals surface area contributed by atoms with E-state index in [-0.39, 0.29) is 11.3 Å². The van der Waals surface area contributed by atoms with E-state index in [2.05, 4.69) is 15.1 Å². The normalized spacial score (nSPS) is 12.8. The number of thioether (sulfide) groups is 1. The lowest BCUT2D eigenvalue weighted by molar-refractivity contribution is 0.305. The molecule has 0 radical (unpaired) electrons. The van der Waals surface area contributed by atoms with Crippen LogP contribution < -0.4 is 5.73 Å². The average Bonchev–Trinajstić information content (AvgIpc) is 2.50. The molecule has 1 heterocycles. The molecule has 0 fully saturated rings. The Morgan fingerprint density at radius 3 is 2.86 bits per heavy atom. The highest BCUT2D eigenvalue weighted by atomic mass is 32.2. The Bertz CT molecular complexity index is 637. The Labute approximate surface area is 128 Å². The van der Waals surface area contributed by atoms with Crippen LogP contribution in [-0.4, -0.2) is 26.8 Å². The Morgan fingerprint density at radius 1 is 1.33 bits per heavy atom. The van der Waals surface area contributed by atoms with Gasteiger partial charge in [-0.25, -0.2) is 9.97 Å². The molecule has 21 heavy (non-hydrogen) atoms. The van der Waals surface area contributed by atoms with Crippen molar-refractivity contribution in [2.75, 3.05) is 5.75 Å². The third-order valence-electron chi connectivity index (χ3n) is 3.49. The molecule has 0 amide bonds. The third kappa shape index (κ3) is 3.85. The van der Waals surface area contributed by atoms with E-state index in [1.165, 1.54) is 0 Å². The number of nitrogens with zero attached hydrogens (tertiary/aromatic N) is 3. The first-order valence-electron chi connectivity index (χ1n) is 6.85. The number of para-hydroxylation sites is 1. The molecule has 1 aromatic carbocycles. The van der Waals surface area contributed by atoms with Crippen LogP contribution in [0.1, 0.15) is 26.7 Å². The van der Waals surface area contributed by atoms with Crippen LogP contribution in [0.5, 0.6) is 0 Å². The monoisotopic (exact) mass is 304 g/mol. The van der Waals surface area contributed by atoms with Crippen molar-refractivity contribution in [3.63, 3.8) is 0 Å². The maximum Gasteiger partial charge on any atom is 0.144 e. The highest BCUT2D eigenvalue weighted by Gasteiger charge is 2.22. The van der Waals surface area contributed by atoms with Gasteiger partial charge in [0.15, 0.2) is 0 Å². The lowest BCUT2D eigenvalue weighted by Crippen LogP contribution is -2.31. The van der Waals surface area contributed by atoms with Gasteiger partial charge in [0.2, 0.25) is 0 Å².